The van der Waals surface area contributed by atoms with E-state index in [9.17, 15) is 4.79 Å². The Morgan fingerprint density at radius 3 is 3.25 bits per heavy atom. The van der Waals surface area contributed by atoms with Gasteiger partial charge >= 0.3 is 0 Å². The molecule has 0 saturated carbocycles. The molecule has 2 rings (SSSR count). The van der Waals surface area contributed by atoms with E-state index >= 15 is 0 Å². The highest BCUT2D eigenvalue weighted by atomic mass is 32.1. The van der Waals surface area contributed by atoms with Crippen molar-refractivity contribution in [2.45, 2.75) is 13.3 Å². The van der Waals surface area contributed by atoms with Gasteiger partial charge in [0.05, 0.1) is 4.83 Å². The Morgan fingerprint density at radius 1 is 1.67 bits per heavy atom. The van der Waals surface area contributed by atoms with Crippen LogP contribution in [0.25, 0.3) is 10.2 Å². The van der Waals surface area contributed by atoms with Crippen LogP contribution in [0, 0.1) is 0 Å². The summed E-state index contributed by atoms with van der Waals surface area (Å²) in [5.41, 5.74) is 1.11. The Hall–Kier alpha value is -1.09. The van der Waals surface area contributed by atoms with Crippen molar-refractivity contribution >= 4 is 27.3 Å². The zero-order valence-electron chi connectivity index (χ0n) is 6.76. The average Bonchev–Trinajstić information content (AvgIpc) is 2.52. The molecule has 0 unspecified atom stereocenters. The molecule has 2 nitrogen and oxygen atoms in total. The van der Waals surface area contributed by atoms with Gasteiger partial charge in [0.25, 0.3) is 0 Å². The molecule has 0 saturated heterocycles. The van der Waals surface area contributed by atoms with Crippen molar-refractivity contribution in [1.82, 2.24) is 4.98 Å². The highest BCUT2D eigenvalue weighted by Crippen LogP contribution is 2.23. The smallest absolute Gasteiger partial charge is 0.134 e. The maximum atomic E-state index is 10.9. The highest BCUT2D eigenvalue weighted by Gasteiger charge is 2.05. The van der Waals surface area contributed by atoms with Crippen molar-refractivity contribution in [3.8, 4) is 0 Å². The number of aromatic amines is 1. The largest absolute Gasteiger partial charge is 0.353 e. The number of thiophene rings is 1. The number of hydrogen-bond acceptors (Lipinski definition) is 2. The molecule has 0 aliphatic heterocycles. The molecule has 12 heavy (non-hydrogen) atoms. The predicted molar refractivity (Wildman–Crippen MR) is 50.6 cm³/mol. The number of rotatable bonds is 2. The second-order valence-corrected chi connectivity index (χ2v) is 3.77. The lowest BCUT2D eigenvalue weighted by Gasteiger charge is -1.89. The second-order valence-electron chi connectivity index (χ2n) is 2.86. The van der Waals surface area contributed by atoms with Crippen molar-refractivity contribution in [2.75, 3.05) is 0 Å². The number of hydrogen-bond donors (Lipinski definition) is 1. The maximum absolute atomic E-state index is 10.9. The van der Waals surface area contributed by atoms with Crippen molar-refractivity contribution in [1.29, 1.82) is 0 Å². The van der Waals surface area contributed by atoms with E-state index in [0.717, 1.165) is 10.4 Å². The molecule has 2 heterocycles. The molecule has 0 radical (unpaired) electrons. The van der Waals surface area contributed by atoms with Gasteiger partial charge < -0.3 is 4.98 Å². The third-order valence-corrected chi connectivity index (χ3v) is 2.67. The van der Waals surface area contributed by atoms with Gasteiger partial charge in [-0.05, 0) is 23.9 Å². The first-order chi connectivity index (χ1) is 5.77. The van der Waals surface area contributed by atoms with Gasteiger partial charge in [0, 0.05) is 18.0 Å². The molecule has 3 heteroatoms. The number of carbonyl (C=O) groups excluding carboxylic acids is 1. The van der Waals surface area contributed by atoms with Crippen molar-refractivity contribution in [3.05, 3.63) is 23.2 Å². The fraction of sp³-hybridized carbons (Fsp3) is 0.222. The van der Waals surface area contributed by atoms with Crippen molar-refractivity contribution in [3.63, 3.8) is 0 Å². The van der Waals surface area contributed by atoms with Gasteiger partial charge in [0.1, 0.15) is 5.78 Å². The van der Waals surface area contributed by atoms with E-state index in [1.54, 1.807) is 18.3 Å². The minimum absolute atomic E-state index is 0.210. The molecule has 0 aromatic carbocycles. The Morgan fingerprint density at radius 2 is 2.50 bits per heavy atom. The molecule has 0 spiro atoms. The molecular formula is C9H9NOS. The molecule has 0 amide bonds. The van der Waals surface area contributed by atoms with Crippen LogP contribution in [0.2, 0.25) is 0 Å². The predicted octanol–water partition coefficient (Wildman–Crippen LogP) is 2.36. The van der Waals surface area contributed by atoms with E-state index < -0.39 is 0 Å². The summed E-state index contributed by atoms with van der Waals surface area (Å²) in [5.74, 6) is 0.210. The van der Waals surface area contributed by atoms with Gasteiger partial charge in [0.15, 0.2) is 0 Å². The molecule has 62 valence electrons. The molecule has 0 atom stereocenters. The number of carbonyl (C=O) groups is 1. The zero-order chi connectivity index (χ0) is 8.55. The summed E-state index contributed by atoms with van der Waals surface area (Å²) in [6.07, 6.45) is 2.46. The summed E-state index contributed by atoms with van der Waals surface area (Å²) in [4.78, 5) is 15.2. The molecule has 0 aliphatic rings. The zero-order valence-corrected chi connectivity index (χ0v) is 7.57. The Balaban J connectivity index is 2.47. The van der Waals surface area contributed by atoms with E-state index in [4.69, 9.17) is 0 Å². The first kappa shape index (κ1) is 7.55. The molecule has 2 aromatic heterocycles. The van der Waals surface area contributed by atoms with Crippen LogP contribution < -0.4 is 0 Å². The van der Waals surface area contributed by atoms with Crippen LogP contribution in [0.15, 0.2) is 17.6 Å². The Kier molecular flexibility index (Phi) is 1.73. The molecule has 0 fully saturated rings. The van der Waals surface area contributed by atoms with E-state index in [0.29, 0.717) is 6.42 Å². The topological polar surface area (TPSA) is 32.9 Å². The maximum Gasteiger partial charge on any atom is 0.134 e. The van der Waals surface area contributed by atoms with E-state index in [2.05, 4.69) is 11.1 Å². The standard InChI is InChI=1S/C9H9NOS/c1-6(11)4-7-5-10-9-8(7)2-3-12-9/h2-3,5,10H,4H2,1H3. The number of aromatic nitrogens is 1. The minimum atomic E-state index is 0.210. The van der Waals surface area contributed by atoms with Crippen molar-refractivity contribution < 1.29 is 4.79 Å². The summed E-state index contributed by atoms with van der Waals surface area (Å²) < 4.78 is 0. The van der Waals surface area contributed by atoms with Gasteiger partial charge in [-0.3, -0.25) is 4.79 Å². The van der Waals surface area contributed by atoms with Crippen LogP contribution in [0.3, 0.4) is 0 Å². The summed E-state index contributed by atoms with van der Waals surface area (Å²) in [6.45, 7) is 1.62. The van der Waals surface area contributed by atoms with Crippen LogP contribution in [0.1, 0.15) is 12.5 Å². The highest BCUT2D eigenvalue weighted by molar-refractivity contribution is 7.16. The summed E-state index contributed by atoms with van der Waals surface area (Å²) in [6, 6.07) is 2.05. The van der Waals surface area contributed by atoms with E-state index in [-0.39, 0.29) is 5.78 Å². The first-order valence-corrected chi connectivity index (χ1v) is 4.68. The fourth-order valence-corrected chi connectivity index (χ4v) is 2.11. The van der Waals surface area contributed by atoms with Gasteiger partial charge in [-0.25, -0.2) is 0 Å². The molecular weight excluding hydrogens is 170 g/mol. The van der Waals surface area contributed by atoms with E-state index in [1.807, 2.05) is 11.6 Å². The Labute approximate surface area is 74.2 Å². The number of Topliss-reactive ketones (excluding diaryl/α,β-unsaturated/α-hetero) is 1. The van der Waals surface area contributed by atoms with Crippen LogP contribution in [0.5, 0.6) is 0 Å². The van der Waals surface area contributed by atoms with Gasteiger partial charge in [0.2, 0.25) is 0 Å². The number of fused-ring (bicyclic) bond motifs is 1. The van der Waals surface area contributed by atoms with Gasteiger partial charge in [-0.15, -0.1) is 11.3 Å². The number of H-pyrrole nitrogens is 1. The monoisotopic (exact) mass is 179 g/mol. The lowest BCUT2D eigenvalue weighted by molar-refractivity contribution is -0.116. The molecule has 0 bridgehead atoms. The third-order valence-electron chi connectivity index (χ3n) is 1.83. The average molecular weight is 179 g/mol. The van der Waals surface area contributed by atoms with Gasteiger partial charge in [-0.1, -0.05) is 0 Å². The molecule has 2 aromatic rings. The van der Waals surface area contributed by atoms with Crippen LogP contribution in [-0.4, -0.2) is 10.8 Å². The number of nitrogens with one attached hydrogen (secondary N) is 1. The van der Waals surface area contributed by atoms with Crippen LogP contribution in [-0.2, 0) is 11.2 Å². The summed E-state index contributed by atoms with van der Waals surface area (Å²) in [5, 5.41) is 3.22. The molecule has 0 aliphatic carbocycles. The van der Waals surface area contributed by atoms with Crippen LogP contribution >= 0.6 is 11.3 Å². The third kappa shape index (κ3) is 1.16. The second kappa shape index (κ2) is 2.75. The fourth-order valence-electron chi connectivity index (χ4n) is 1.32. The van der Waals surface area contributed by atoms with Crippen molar-refractivity contribution in [2.24, 2.45) is 0 Å². The lowest BCUT2D eigenvalue weighted by Crippen LogP contribution is -1.94. The summed E-state index contributed by atoms with van der Waals surface area (Å²) in [7, 11) is 0. The minimum Gasteiger partial charge on any atom is -0.353 e. The number of ketones is 1. The summed E-state index contributed by atoms with van der Waals surface area (Å²) >= 11 is 1.67. The Bertz CT molecular complexity index is 413. The van der Waals surface area contributed by atoms with Crippen LogP contribution in [0.4, 0.5) is 0 Å². The van der Waals surface area contributed by atoms with Gasteiger partial charge in [-0.2, -0.15) is 0 Å². The lowest BCUT2D eigenvalue weighted by atomic mass is 10.1. The van der Waals surface area contributed by atoms with E-state index in [1.165, 1.54) is 5.39 Å². The molecule has 1 N–H and O–H groups in total. The first-order valence-electron chi connectivity index (χ1n) is 3.80. The normalized spacial score (nSPS) is 10.8. The quantitative estimate of drug-likeness (QED) is 0.754. The SMILES string of the molecule is CC(=O)Cc1c[nH]c2sccc12.